The van der Waals surface area contributed by atoms with Gasteiger partial charge in [0, 0.05) is 47.3 Å². The second-order valence-electron chi connectivity index (χ2n) is 12.4. The number of phenols is 1. The molecule has 2 bridgehead atoms. The maximum Gasteiger partial charge on any atom is 0.416 e. The Morgan fingerprint density at radius 2 is 1.95 bits per heavy atom. The van der Waals surface area contributed by atoms with Gasteiger partial charge in [0.2, 0.25) is 0 Å². The van der Waals surface area contributed by atoms with Crippen LogP contribution in [0.2, 0.25) is 0 Å². The lowest BCUT2D eigenvalue weighted by Crippen LogP contribution is -2.73. The van der Waals surface area contributed by atoms with Gasteiger partial charge in [0.05, 0.1) is 43.2 Å². The van der Waals surface area contributed by atoms with Gasteiger partial charge in [0.15, 0.2) is 0 Å². The molecule has 2 N–H and O–H groups in total. The van der Waals surface area contributed by atoms with Crippen molar-refractivity contribution in [2.24, 2.45) is 11.8 Å². The molecule has 6 atom stereocenters. The molecule has 1 unspecified atom stereocenters. The lowest BCUT2D eigenvalue weighted by Gasteiger charge is -2.62. The number of alkyl halides is 3. The van der Waals surface area contributed by atoms with Gasteiger partial charge in [-0.1, -0.05) is 19.8 Å². The van der Waals surface area contributed by atoms with E-state index in [4.69, 9.17) is 4.74 Å². The predicted octanol–water partition coefficient (Wildman–Crippen LogP) is 4.79. The molecule has 2 heterocycles. The van der Waals surface area contributed by atoms with E-state index >= 15 is 0 Å². The fraction of sp³-hybridized carbons (Fsp3) is 0.516. The van der Waals surface area contributed by atoms with Gasteiger partial charge in [-0.2, -0.15) is 13.2 Å². The topological polar surface area (TPSA) is 58.6 Å². The summed E-state index contributed by atoms with van der Waals surface area (Å²) in [5.41, 5.74) is 1.46. The molecule has 39 heavy (non-hydrogen) atoms. The zero-order valence-electron chi connectivity index (χ0n) is 22.4. The van der Waals surface area contributed by atoms with E-state index in [2.05, 4.69) is 38.1 Å². The third-order valence-corrected chi connectivity index (χ3v) is 9.64. The molecule has 1 amide bonds. The highest BCUT2D eigenvalue weighted by Gasteiger charge is 2.69. The summed E-state index contributed by atoms with van der Waals surface area (Å²) in [6, 6.07) is 8.18. The summed E-state index contributed by atoms with van der Waals surface area (Å²) in [7, 11) is 2.36. The summed E-state index contributed by atoms with van der Waals surface area (Å²) in [4.78, 5) is 12.9. The first-order valence-electron chi connectivity index (χ1n) is 13.8. The monoisotopic (exact) mass is 539 g/mol. The van der Waals surface area contributed by atoms with E-state index in [1.807, 2.05) is 6.07 Å². The van der Waals surface area contributed by atoms with Crippen LogP contribution in [0.25, 0.3) is 0 Å². The van der Waals surface area contributed by atoms with Crippen molar-refractivity contribution in [3.05, 3.63) is 58.7 Å². The summed E-state index contributed by atoms with van der Waals surface area (Å²) in [6.07, 6.45) is -1.20. The summed E-state index contributed by atoms with van der Waals surface area (Å²) in [5, 5.41) is 14.0. The molecular formula is C31H34F3N2O3+. The number of phenolic OH excluding ortho intramolecular Hbond substituents is 1. The number of likely N-dealkylation sites (N-methyl/N-ethyl adjacent to an activating group) is 1. The smallest absolute Gasteiger partial charge is 0.416 e. The molecule has 1 saturated heterocycles. The number of carbonyl (C=O) groups is 1. The first kappa shape index (κ1) is 26.1. The third-order valence-electron chi connectivity index (χ3n) is 9.64. The largest absolute Gasteiger partial charge is 0.508 e. The van der Waals surface area contributed by atoms with Crippen LogP contribution in [0.15, 0.2) is 36.4 Å². The standard InChI is InChI=1S/C31H33F3N2O3/c1-18(2)17-36(3)15-14-30-22-9-10-23(29(30)39-26-12-11-25(37)21(28(26)30)16-24(22)36)35-27(38)13-6-19-4-7-20(8-5-19)31(32,33)34/h4-5,7-8,11-12,18,22-24,29H,9-10,14-17H2,1-3H3,(H-,35,37,38)/p+1/t22-,23+,24+,29-,30-,36?/m0/s1. The number of amides is 1. The number of rotatable bonds is 3. The minimum atomic E-state index is -4.42. The molecule has 1 saturated carbocycles. The number of quaternary nitrogens is 1. The van der Waals surface area contributed by atoms with E-state index in [1.54, 1.807) is 6.07 Å². The Morgan fingerprint density at radius 3 is 2.64 bits per heavy atom. The zero-order chi connectivity index (χ0) is 27.7. The highest BCUT2D eigenvalue weighted by molar-refractivity contribution is 5.94. The Morgan fingerprint density at radius 1 is 1.21 bits per heavy atom. The third kappa shape index (κ3) is 4.09. The van der Waals surface area contributed by atoms with E-state index in [-0.39, 0.29) is 17.6 Å². The van der Waals surface area contributed by atoms with E-state index < -0.39 is 17.6 Å². The van der Waals surface area contributed by atoms with Crippen molar-refractivity contribution < 1.29 is 32.3 Å². The Bertz CT molecular complexity index is 1380. The van der Waals surface area contributed by atoms with E-state index in [0.29, 0.717) is 29.2 Å². The molecule has 8 heteroatoms. The first-order valence-corrected chi connectivity index (χ1v) is 13.8. The van der Waals surface area contributed by atoms with Crippen LogP contribution in [0.5, 0.6) is 11.5 Å². The first-order chi connectivity index (χ1) is 18.4. The Hall–Kier alpha value is -3.18. The Kier molecular flexibility index (Phi) is 5.96. The van der Waals surface area contributed by atoms with Gasteiger partial charge in [-0.3, -0.25) is 4.79 Å². The van der Waals surface area contributed by atoms with Crippen LogP contribution in [-0.2, 0) is 22.8 Å². The molecule has 4 aliphatic rings. The molecule has 206 valence electrons. The van der Waals surface area contributed by atoms with Crippen molar-refractivity contribution in [3.63, 3.8) is 0 Å². The summed E-state index contributed by atoms with van der Waals surface area (Å²) in [6.45, 7) is 6.63. The van der Waals surface area contributed by atoms with Crippen LogP contribution in [0.4, 0.5) is 13.2 Å². The molecule has 6 rings (SSSR count). The molecule has 2 aromatic rings. The van der Waals surface area contributed by atoms with Crippen molar-refractivity contribution in [1.82, 2.24) is 5.32 Å². The fourth-order valence-corrected chi connectivity index (χ4v) is 8.31. The highest BCUT2D eigenvalue weighted by atomic mass is 19.4. The minimum absolute atomic E-state index is 0.251. The van der Waals surface area contributed by atoms with E-state index in [0.717, 1.165) is 72.3 Å². The number of halogens is 3. The van der Waals surface area contributed by atoms with Crippen LogP contribution < -0.4 is 10.1 Å². The maximum absolute atomic E-state index is 12.9. The maximum atomic E-state index is 12.9. The highest BCUT2D eigenvalue weighted by Crippen LogP contribution is 2.64. The average molecular weight is 540 g/mol. The van der Waals surface area contributed by atoms with Crippen molar-refractivity contribution in [3.8, 4) is 23.3 Å². The summed E-state index contributed by atoms with van der Waals surface area (Å²) < 4.78 is 46.1. The molecular weight excluding hydrogens is 505 g/mol. The number of nitrogens with one attached hydrogen (secondary N) is 1. The predicted molar refractivity (Wildman–Crippen MR) is 140 cm³/mol. The van der Waals surface area contributed by atoms with Crippen LogP contribution in [0, 0.1) is 23.7 Å². The number of ether oxygens (including phenoxy) is 1. The van der Waals surface area contributed by atoms with E-state index in [1.165, 1.54) is 12.1 Å². The quantitative estimate of drug-likeness (QED) is 0.436. The van der Waals surface area contributed by atoms with Gasteiger partial charge >= 0.3 is 6.18 Å². The molecule has 5 nitrogen and oxygen atoms in total. The van der Waals surface area contributed by atoms with Crippen LogP contribution >= 0.6 is 0 Å². The number of piperidine rings is 1. The van der Waals surface area contributed by atoms with Crippen LogP contribution in [0.1, 0.15) is 55.4 Å². The van der Waals surface area contributed by atoms with Crippen LogP contribution in [0.3, 0.4) is 0 Å². The van der Waals surface area contributed by atoms with Crippen LogP contribution in [-0.4, -0.2) is 53.8 Å². The number of likely N-dealkylation sites (tertiary alicyclic amines) is 1. The number of hydrogen-bond donors (Lipinski definition) is 2. The second-order valence-corrected chi connectivity index (χ2v) is 12.4. The van der Waals surface area contributed by atoms with Gasteiger partial charge in [0.25, 0.3) is 5.91 Å². The molecule has 0 radical (unpaired) electrons. The van der Waals surface area contributed by atoms with Gasteiger partial charge < -0.3 is 19.6 Å². The zero-order valence-corrected chi connectivity index (χ0v) is 22.4. The van der Waals surface area contributed by atoms with Gasteiger partial charge in [-0.05, 0) is 49.2 Å². The summed E-state index contributed by atoms with van der Waals surface area (Å²) >= 11 is 0. The average Bonchev–Trinajstić information content (AvgIpc) is 3.21. The van der Waals surface area contributed by atoms with E-state index in [9.17, 15) is 23.1 Å². The molecule has 2 fully saturated rings. The number of benzene rings is 2. The normalized spacial score (nSPS) is 32.1. The van der Waals surface area contributed by atoms with Crippen molar-refractivity contribution >= 4 is 5.91 Å². The molecule has 1 spiro atoms. The summed E-state index contributed by atoms with van der Waals surface area (Å²) in [5.74, 6) is 6.86. The van der Waals surface area contributed by atoms with Gasteiger partial charge in [0.1, 0.15) is 17.6 Å². The van der Waals surface area contributed by atoms with Crippen molar-refractivity contribution in [2.75, 3.05) is 20.1 Å². The molecule has 2 aliphatic carbocycles. The lowest BCUT2D eigenvalue weighted by atomic mass is 9.50. The van der Waals surface area contributed by atoms with Crippen molar-refractivity contribution in [2.45, 2.75) is 69.3 Å². The molecule has 2 aliphatic heterocycles. The van der Waals surface area contributed by atoms with Gasteiger partial charge in [-0.25, -0.2) is 0 Å². The Labute approximate surface area is 226 Å². The Balaban J connectivity index is 1.28. The number of aromatic hydroxyl groups is 1. The molecule has 2 aromatic carbocycles. The fourth-order valence-electron chi connectivity index (χ4n) is 8.31. The minimum Gasteiger partial charge on any atom is -0.508 e. The second kappa shape index (κ2) is 8.92. The number of nitrogens with zero attached hydrogens (tertiary/aromatic N) is 1. The van der Waals surface area contributed by atoms with Gasteiger partial charge in [-0.15, -0.1) is 0 Å². The number of hydrogen-bond acceptors (Lipinski definition) is 3. The van der Waals surface area contributed by atoms with Crippen molar-refractivity contribution in [1.29, 1.82) is 0 Å². The lowest BCUT2D eigenvalue weighted by molar-refractivity contribution is -0.947. The number of carbonyl (C=O) groups excluding carboxylic acids is 1. The molecule has 0 aromatic heterocycles. The SMILES string of the molecule is CC(C)C[N+]1(C)CC[C@@]23c4c5ccc(O)c4C[C@@H]1[C@@H]2CC[C@@H](NC(=O)C#Cc1ccc(C(F)(F)F)cc1)[C@@H]3O5.